The van der Waals surface area contributed by atoms with Gasteiger partial charge in [0, 0.05) is 29.7 Å². The molecule has 1 aliphatic rings. The van der Waals surface area contributed by atoms with Gasteiger partial charge in [-0.15, -0.1) is 11.3 Å². The van der Waals surface area contributed by atoms with Crippen molar-refractivity contribution in [3.8, 4) is 0 Å². The monoisotopic (exact) mass is 302 g/mol. The topological polar surface area (TPSA) is 41.1 Å². The average molecular weight is 302 g/mol. The summed E-state index contributed by atoms with van der Waals surface area (Å²) < 4.78 is 0. The van der Waals surface area contributed by atoms with Gasteiger partial charge in [-0.05, 0) is 24.3 Å². The summed E-state index contributed by atoms with van der Waals surface area (Å²) in [6.07, 6.45) is 6.28. The summed E-state index contributed by atoms with van der Waals surface area (Å²) in [5.74, 6) is 1.01. The van der Waals surface area contributed by atoms with Crippen molar-refractivity contribution in [3.63, 3.8) is 0 Å². The first kappa shape index (κ1) is 14.5. The van der Waals surface area contributed by atoms with E-state index >= 15 is 0 Å². The normalized spacial score (nSPS) is 14.6. The van der Waals surface area contributed by atoms with E-state index in [-0.39, 0.29) is 0 Å². The van der Waals surface area contributed by atoms with Gasteiger partial charge in [0.15, 0.2) is 0 Å². The largest absolute Gasteiger partial charge is 0.347 e. The van der Waals surface area contributed by atoms with Crippen LogP contribution >= 0.6 is 11.3 Å². The molecule has 112 valence electrons. The lowest BCUT2D eigenvalue weighted by Crippen LogP contribution is -2.27. The van der Waals surface area contributed by atoms with E-state index in [1.54, 1.807) is 0 Å². The van der Waals surface area contributed by atoms with Crippen LogP contribution in [-0.2, 0) is 13.1 Å². The number of anilines is 1. The maximum Gasteiger partial charge on any atom is 0.148 e. The van der Waals surface area contributed by atoms with Gasteiger partial charge >= 0.3 is 0 Å². The van der Waals surface area contributed by atoms with Crippen LogP contribution < -0.4 is 10.2 Å². The van der Waals surface area contributed by atoms with E-state index in [0.717, 1.165) is 24.6 Å². The lowest BCUT2D eigenvalue weighted by Gasteiger charge is -2.23. The van der Waals surface area contributed by atoms with E-state index in [9.17, 15) is 0 Å². The van der Waals surface area contributed by atoms with Crippen LogP contribution in [0, 0.1) is 0 Å². The van der Waals surface area contributed by atoms with Gasteiger partial charge in [0.25, 0.3) is 0 Å². The van der Waals surface area contributed by atoms with Gasteiger partial charge in [0.1, 0.15) is 5.82 Å². The Balaban J connectivity index is 1.74. The van der Waals surface area contributed by atoms with Gasteiger partial charge < -0.3 is 10.2 Å². The fourth-order valence-corrected chi connectivity index (χ4v) is 2.98. The van der Waals surface area contributed by atoms with Crippen molar-refractivity contribution in [2.45, 2.75) is 51.9 Å². The summed E-state index contributed by atoms with van der Waals surface area (Å²) in [7, 11) is 0. The number of hydrogen-bond acceptors (Lipinski definition) is 5. The lowest BCUT2D eigenvalue weighted by atomic mass is 10.3. The average Bonchev–Trinajstić information content (AvgIpc) is 3.19. The molecule has 1 N–H and O–H groups in total. The number of nitrogens with one attached hydrogen (secondary N) is 1. The van der Waals surface area contributed by atoms with Crippen LogP contribution in [0.4, 0.5) is 5.82 Å². The lowest BCUT2D eigenvalue weighted by molar-refractivity contribution is 0.579. The molecule has 21 heavy (non-hydrogen) atoms. The predicted octanol–water partition coefficient (Wildman–Crippen LogP) is 3.21. The first-order chi connectivity index (χ1) is 10.2. The fourth-order valence-electron chi connectivity index (χ4n) is 2.28. The van der Waals surface area contributed by atoms with Crippen LogP contribution in [0.3, 0.4) is 0 Å². The van der Waals surface area contributed by atoms with Crippen LogP contribution in [0.15, 0.2) is 29.9 Å². The minimum absolute atomic E-state index is 0.459. The Bertz CT molecular complexity index is 563. The minimum atomic E-state index is 0.459. The quantitative estimate of drug-likeness (QED) is 0.853. The molecule has 0 aromatic carbocycles. The van der Waals surface area contributed by atoms with Crippen LogP contribution in [0.25, 0.3) is 0 Å². The summed E-state index contributed by atoms with van der Waals surface area (Å²) in [5, 5.41) is 5.53. The molecule has 0 aliphatic heterocycles. The van der Waals surface area contributed by atoms with Gasteiger partial charge in [0.05, 0.1) is 18.4 Å². The zero-order chi connectivity index (χ0) is 14.7. The van der Waals surface area contributed by atoms with Gasteiger partial charge in [-0.25, -0.2) is 4.98 Å². The van der Waals surface area contributed by atoms with Gasteiger partial charge in [-0.2, -0.15) is 0 Å². The molecule has 1 saturated carbocycles. The molecule has 0 saturated heterocycles. The van der Waals surface area contributed by atoms with Gasteiger partial charge in [0.2, 0.25) is 0 Å². The first-order valence-electron chi connectivity index (χ1n) is 7.55. The Morgan fingerprint density at radius 1 is 1.38 bits per heavy atom. The summed E-state index contributed by atoms with van der Waals surface area (Å²) in [4.78, 5) is 13.0. The molecule has 0 atom stereocenters. The fraction of sp³-hybridized carbons (Fsp3) is 0.500. The Hall–Kier alpha value is -1.46. The van der Waals surface area contributed by atoms with E-state index in [1.807, 2.05) is 23.7 Å². The Labute approximate surface area is 130 Å². The van der Waals surface area contributed by atoms with Crippen molar-refractivity contribution in [2.24, 2.45) is 0 Å². The van der Waals surface area contributed by atoms with Crippen molar-refractivity contribution in [1.29, 1.82) is 0 Å². The highest BCUT2D eigenvalue weighted by atomic mass is 32.1. The SMILES string of the molecule is CC(C)NCc1cncc(N(Cc2cccs2)C2CC2)n1. The zero-order valence-corrected chi connectivity index (χ0v) is 13.4. The third-order valence-corrected chi connectivity index (χ3v) is 4.41. The van der Waals surface area contributed by atoms with E-state index in [1.165, 1.54) is 17.7 Å². The molecule has 0 radical (unpaired) electrons. The molecule has 3 rings (SSSR count). The minimum Gasteiger partial charge on any atom is -0.347 e. The molecule has 4 nitrogen and oxygen atoms in total. The smallest absolute Gasteiger partial charge is 0.148 e. The molecule has 1 aliphatic carbocycles. The Morgan fingerprint density at radius 3 is 2.90 bits per heavy atom. The highest BCUT2D eigenvalue weighted by Crippen LogP contribution is 2.32. The zero-order valence-electron chi connectivity index (χ0n) is 12.6. The van der Waals surface area contributed by atoms with Crippen molar-refractivity contribution in [2.75, 3.05) is 4.90 Å². The maximum absolute atomic E-state index is 4.79. The molecule has 2 aromatic heterocycles. The summed E-state index contributed by atoms with van der Waals surface area (Å²) >= 11 is 1.81. The van der Waals surface area contributed by atoms with Gasteiger partial charge in [-0.3, -0.25) is 4.98 Å². The summed E-state index contributed by atoms with van der Waals surface area (Å²) in [6.45, 7) is 6.00. The second kappa shape index (κ2) is 6.54. The third kappa shape index (κ3) is 4.02. The number of aromatic nitrogens is 2. The van der Waals surface area contributed by atoms with Crippen molar-refractivity contribution < 1.29 is 0 Å². The van der Waals surface area contributed by atoms with E-state index < -0.39 is 0 Å². The van der Waals surface area contributed by atoms with Crippen molar-refractivity contribution in [1.82, 2.24) is 15.3 Å². The molecule has 1 fully saturated rings. The Morgan fingerprint density at radius 2 is 2.24 bits per heavy atom. The molecular weight excluding hydrogens is 280 g/mol. The van der Waals surface area contributed by atoms with E-state index in [0.29, 0.717) is 12.1 Å². The molecule has 2 aromatic rings. The number of hydrogen-bond donors (Lipinski definition) is 1. The molecule has 2 heterocycles. The molecule has 0 bridgehead atoms. The van der Waals surface area contributed by atoms with E-state index in [2.05, 4.69) is 46.6 Å². The summed E-state index contributed by atoms with van der Waals surface area (Å²) in [6, 6.07) is 5.40. The molecule has 0 spiro atoms. The standard InChI is InChI=1S/C16H22N4S/c1-12(2)18-9-13-8-17-10-16(19-13)20(14-5-6-14)11-15-4-3-7-21-15/h3-4,7-8,10,12,14,18H,5-6,9,11H2,1-2H3. The van der Waals surface area contributed by atoms with Gasteiger partial charge in [-0.1, -0.05) is 19.9 Å². The second-order valence-corrected chi connectivity index (χ2v) is 6.87. The predicted molar refractivity (Wildman–Crippen MR) is 87.5 cm³/mol. The number of rotatable bonds is 7. The molecular formula is C16H22N4S. The Kier molecular flexibility index (Phi) is 4.51. The highest BCUT2D eigenvalue weighted by Gasteiger charge is 2.30. The van der Waals surface area contributed by atoms with Crippen molar-refractivity contribution >= 4 is 17.2 Å². The highest BCUT2D eigenvalue weighted by molar-refractivity contribution is 7.09. The molecule has 0 amide bonds. The first-order valence-corrected chi connectivity index (χ1v) is 8.43. The maximum atomic E-state index is 4.79. The van der Waals surface area contributed by atoms with Crippen molar-refractivity contribution in [3.05, 3.63) is 40.5 Å². The number of nitrogens with zero attached hydrogens (tertiary/aromatic N) is 3. The molecule has 0 unspecified atom stereocenters. The molecule has 5 heteroatoms. The van der Waals surface area contributed by atoms with Crippen LogP contribution in [0.1, 0.15) is 37.3 Å². The van der Waals surface area contributed by atoms with E-state index in [4.69, 9.17) is 4.98 Å². The second-order valence-electron chi connectivity index (χ2n) is 5.84. The van der Waals surface area contributed by atoms with Crippen LogP contribution in [0.2, 0.25) is 0 Å². The third-order valence-electron chi connectivity index (χ3n) is 3.55. The summed E-state index contributed by atoms with van der Waals surface area (Å²) in [5.41, 5.74) is 1.01. The number of thiophene rings is 1. The van der Waals surface area contributed by atoms with Crippen LogP contribution in [-0.4, -0.2) is 22.1 Å². The van der Waals surface area contributed by atoms with Crippen LogP contribution in [0.5, 0.6) is 0 Å².